The zero-order valence-electron chi connectivity index (χ0n) is 16.6. The number of aromatic nitrogens is 1. The van der Waals surface area contributed by atoms with Crippen LogP contribution in [-0.2, 0) is 4.79 Å². The first-order valence-corrected chi connectivity index (χ1v) is 9.70. The molecule has 3 N–H and O–H groups in total. The second-order valence-corrected chi connectivity index (χ2v) is 7.91. The number of hydrogen-bond donors (Lipinski definition) is 2. The molecule has 1 saturated carbocycles. The molecule has 1 aliphatic carbocycles. The molecule has 0 unspecified atom stereocenters. The van der Waals surface area contributed by atoms with Crippen LogP contribution in [0.25, 0.3) is 5.69 Å². The third-order valence-electron chi connectivity index (χ3n) is 5.62. The van der Waals surface area contributed by atoms with Gasteiger partial charge in [0.2, 0.25) is 5.91 Å². The lowest BCUT2D eigenvalue weighted by Gasteiger charge is -2.26. The number of hydrogen-bond acceptors (Lipinski definition) is 3. The van der Waals surface area contributed by atoms with E-state index >= 15 is 0 Å². The highest BCUT2D eigenvalue weighted by molar-refractivity contribution is 5.99. The average Bonchev–Trinajstić information content (AvgIpc) is 3.11. The Balaban J connectivity index is 2.02. The monoisotopic (exact) mass is 381 g/mol. The van der Waals surface area contributed by atoms with E-state index in [9.17, 15) is 14.4 Å². The van der Waals surface area contributed by atoms with Crippen molar-refractivity contribution in [2.75, 3.05) is 0 Å². The molecule has 1 aromatic carbocycles. The van der Waals surface area contributed by atoms with Gasteiger partial charge in [-0.15, -0.1) is 0 Å². The van der Waals surface area contributed by atoms with Crippen molar-refractivity contribution in [3.8, 4) is 5.69 Å². The number of primary amides is 1. The summed E-state index contributed by atoms with van der Waals surface area (Å²) in [6, 6.07) is 9.44. The van der Waals surface area contributed by atoms with Gasteiger partial charge >= 0.3 is 0 Å². The van der Waals surface area contributed by atoms with Crippen LogP contribution in [0.5, 0.6) is 0 Å². The summed E-state index contributed by atoms with van der Waals surface area (Å²) < 4.78 is 1.47. The van der Waals surface area contributed by atoms with Crippen LogP contribution in [-0.4, -0.2) is 21.9 Å². The minimum absolute atomic E-state index is 0.0463. The zero-order chi connectivity index (χ0) is 20.5. The molecule has 1 heterocycles. The van der Waals surface area contributed by atoms with Crippen molar-refractivity contribution < 1.29 is 9.59 Å². The number of nitrogens with one attached hydrogen (secondary N) is 1. The van der Waals surface area contributed by atoms with E-state index in [2.05, 4.69) is 19.2 Å². The van der Waals surface area contributed by atoms with E-state index in [1.165, 1.54) is 4.57 Å². The van der Waals surface area contributed by atoms with Gasteiger partial charge in [-0.2, -0.15) is 0 Å². The molecule has 2 amide bonds. The van der Waals surface area contributed by atoms with Crippen molar-refractivity contribution in [1.29, 1.82) is 0 Å². The highest BCUT2D eigenvalue weighted by Gasteiger charge is 2.41. The Kier molecular flexibility index (Phi) is 5.40. The lowest BCUT2D eigenvalue weighted by molar-refractivity contribution is -0.123. The Morgan fingerprint density at radius 3 is 2.46 bits per heavy atom. The molecule has 0 aliphatic heterocycles. The van der Waals surface area contributed by atoms with Gasteiger partial charge in [-0.25, -0.2) is 0 Å². The maximum atomic E-state index is 13.1. The molecule has 6 nitrogen and oxygen atoms in total. The van der Waals surface area contributed by atoms with Crippen molar-refractivity contribution in [2.24, 2.45) is 5.73 Å². The first kappa shape index (κ1) is 19.9. The number of carbonyl (C=O) groups excluding carboxylic acids is 2. The van der Waals surface area contributed by atoms with Crippen LogP contribution < -0.4 is 16.6 Å². The van der Waals surface area contributed by atoms with E-state index in [4.69, 9.17) is 5.73 Å². The summed E-state index contributed by atoms with van der Waals surface area (Å²) in [6.45, 7) is 5.89. The SMILES string of the molecule is Cc1ccn(-c2cccc(C(C)C)c2)c(=O)c1C(=O)NC1(C(N)=O)CCCC1. The molecule has 0 saturated heterocycles. The van der Waals surface area contributed by atoms with Crippen LogP contribution >= 0.6 is 0 Å². The average molecular weight is 381 g/mol. The minimum Gasteiger partial charge on any atom is -0.368 e. The van der Waals surface area contributed by atoms with E-state index in [1.54, 1.807) is 19.2 Å². The van der Waals surface area contributed by atoms with E-state index < -0.39 is 22.9 Å². The van der Waals surface area contributed by atoms with Crippen LogP contribution in [0.4, 0.5) is 0 Å². The lowest BCUT2D eigenvalue weighted by atomic mass is 9.95. The molecular formula is C22H27N3O3. The first-order chi connectivity index (χ1) is 13.2. The van der Waals surface area contributed by atoms with Crippen molar-refractivity contribution >= 4 is 11.8 Å². The summed E-state index contributed by atoms with van der Waals surface area (Å²) in [6.07, 6.45) is 4.33. The van der Waals surface area contributed by atoms with Crippen LogP contribution in [0.15, 0.2) is 41.3 Å². The number of aryl methyl sites for hydroxylation is 1. The molecule has 0 atom stereocenters. The second kappa shape index (κ2) is 7.62. The molecule has 0 bridgehead atoms. The number of benzene rings is 1. The molecular weight excluding hydrogens is 354 g/mol. The Morgan fingerprint density at radius 1 is 1.18 bits per heavy atom. The molecule has 2 aromatic rings. The maximum absolute atomic E-state index is 13.1. The number of pyridine rings is 1. The fourth-order valence-electron chi connectivity index (χ4n) is 3.83. The van der Waals surface area contributed by atoms with E-state index in [0.29, 0.717) is 30.0 Å². The molecule has 3 rings (SSSR count). The van der Waals surface area contributed by atoms with Gasteiger partial charge in [-0.3, -0.25) is 19.0 Å². The van der Waals surface area contributed by atoms with Crippen LogP contribution in [0, 0.1) is 6.92 Å². The quantitative estimate of drug-likeness (QED) is 0.834. The van der Waals surface area contributed by atoms with Crippen molar-refractivity contribution in [3.05, 3.63) is 63.6 Å². The molecule has 1 aromatic heterocycles. The van der Waals surface area contributed by atoms with Crippen LogP contribution in [0.3, 0.4) is 0 Å². The summed E-state index contributed by atoms with van der Waals surface area (Å²) in [7, 11) is 0. The van der Waals surface area contributed by atoms with E-state index in [-0.39, 0.29) is 5.56 Å². The Hall–Kier alpha value is -2.89. The molecule has 1 aliphatic rings. The molecule has 0 radical (unpaired) electrons. The van der Waals surface area contributed by atoms with Gasteiger partial charge in [0.25, 0.3) is 11.5 Å². The fourth-order valence-corrected chi connectivity index (χ4v) is 3.83. The lowest BCUT2D eigenvalue weighted by Crippen LogP contribution is -2.56. The zero-order valence-corrected chi connectivity index (χ0v) is 16.6. The second-order valence-electron chi connectivity index (χ2n) is 7.91. The third-order valence-corrected chi connectivity index (χ3v) is 5.62. The van der Waals surface area contributed by atoms with Gasteiger partial charge in [-0.05, 0) is 55.0 Å². The van der Waals surface area contributed by atoms with Gasteiger partial charge in [-0.1, -0.05) is 38.8 Å². The molecule has 0 spiro atoms. The molecule has 28 heavy (non-hydrogen) atoms. The van der Waals surface area contributed by atoms with Crippen LogP contribution in [0.1, 0.15) is 66.9 Å². The molecule has 6 heteroatoms. The maximum Gasteiger partial charge on any atom is 0.268 e. The van der Waals surface area contributed by atoms with Gasteiger partial charge in [0.15, 0.2) is 0 Å². The minimum atomic E-state index is -1.06. The number of nitrogens with zero attached hydrogens (tertiary/aromatic N) is 1. The topological polar surface area (TPSA) is 94.2 Å². The number of rotatable bonds is 5. The Morgan fingerprint density at radius 2 is 1.86 bits per heavy atom. The largest absolute Gasteiger partial charge is 0.368 e. The van der Waals surface area contributed by atoms with E-state index in [0.717, 1.165) is 18.4 Å². The van der Waals surface area contributed by atoms with Crippen molar-refractivity contribution in [1.82, 2.24) is 9.88 Å². The number of nitrogens with two attached hydrogens (primary N) is 1. The number of carbonyl (C=O) groups is 2. The van der Waals surface area contributed by atoms with Crippen LogP contribution in [0.2, 0.25) is 0 Å². The predicted octanol–water partition coefficient (Wildman–Crippen LogP) is 2.80. The van der Waals surface area contributed by atoms with Gasteiger partial charge < -0.3 is 11.1 Å². The van der Waals surface area contributed by atoms with E-state index in [1.807, 2.05) is 24.3 Å². The fraction of sp³-hybridized carbons (Fsp3) is 0.409. The van der Waals surface area contributed by atoms with Crippen molar-refractivity contribution in [3.63, 3.8) is 0 Å². The Bertz CT molecular complexity index is 969. The summed E-state index contributed by atoms with van der Waals surface area (Å²) in [4.78, 5) is 38.1. The van der Waals surface area contributed by atoms with Crippen molar-refractivity contribution in [2.45, 2.75) is 57.9 Å². The number of amides is 2. The summed E-state index contributed by atoms with van der Waals surface area (Å²) in [5, 5.41) is 2.77. The smallest absolute Gasteiger partial charge is 0.268 e. The van der Waals surface area contributed by atoms with Gasteiger partial charge in [0, 0.05) is 11.9 Å². The van der Waals surface area contributed by atoms with Gasteiger partial charge in [0.05, 0.1) is 0 Å². The summed E-state index contributed by atoms with van der Waals surface area (Å²) in [5.74, 6) is -0.767. The predicted molar refractivity (Wildman–Crippen MR) is 109 cm³/mol. The highest BCUT2D eigenvalue weighted by atomic mass is 16.2. The third kappa shape index (κ3) is 3.59. The molecule has 1 fully saturated rings. The summed E-state index contributed by atoms with van der Waals surface area (Å²) >= 11 is 0. The first-order valence-electron chi connectivity index (χ1n) is 9.70. The summed E-state index contributed by atoms with van der Waals surface area (Å²) in [5.41, 5.74) is 6.52. The normalized spacial score (nSPS) is 15.6. The standard InChI is InChI=1S/C22H27N3O3/c1-14(2)16-7-6-8-17(13-16)25-12-9-15(3)18(20(25)27)19(26)24-22(21(23)28)10-4-5-11-22/h6-9,12-14H,4-5,10-11H2,1-3H3,(H2,23,28)(H,24,26). The van der Waals surface area contributed by atoms with Gasteiger partial charge in [0.1, 0.15) is 11.1 Å². The highest BCUT2D eigenvalue weighted by Crippen LogP contribution is 2.29. The Labute approximate surface area is 164 Å². The molecule has 148 valence electrons.